The molecule has 4 heteroatoms. The van der Waals surface area contributed by atoms with E-state index in [0.717, 1.165) is 25.3 Å². The zero-order valence-electron chi connectivity index (χ0n) is 19.1. The van der Waals surface area contributed by atoms with Crippen LogP contribution in [0.3, 0.4) is 0 Å². The van der Waals surface area contributed by atoms with E-state index in [9.17, 15) is 0 Å². The molecule has 0 aliphatic rings. The zero-order valence-corrected chi connectivity index (χ0v) is 20.1. The van der Waals surface area contributed by atoms with Crippen molar-refractivity contribution in [3.8, 4) is 5.75 Å². The third-order valence-corrected chi connectivity index (χ3v) is 7.91. The summed E-state index contributed by atoms with van der Waals surface area (Å²) in [7, 11) is 2.30. The fraction of sp³-hybridized carbons (Fsp3) is 0.333. The van der Waals surface area contributed by atoms with E-state index < -0.39 is 0 Å². The predicted octanol–water partition coefficient (Wildman–Crippen LogP) is 5.90. The number of nitrogens with one attached hydrogen (secondary N) is 1. The summed E-state index contributed by atoms with van der Waals surface area (Å²) >= 11 is 0. The summed E-state index contributed by atoms with van der Waals surface area (Å²) in [6, 6.07) is 25.6. The second kappa shape index (κ2) is 11.4. The first kappa shape index (κ1) is 23.5. The summed E-state index contributed by atoms with van der Waals surface area (Å²) in [6.45, 7) is 8.85. The van der Waals surface area contributed by atoms with Gasteiger partial charge in [0.1, 0.15) is 5.75 Å². The third-order valence-electron chi connectivity index (χ3n) is 5.77. The summed E-state index contributed by atoms with van der Waals surface area (Å²) in [5.74, 6) is 0.915. The summed E-state index contributed by atoms with van der Waals surface area (Å²) in [4.78, 5) is 0. The monoisotopic (exact) mass is 435 g/mol. The maximum atomic E-state index is 5.92. The molecule has 31 heavy (non-hydrogen) atoms. The number of aryl methyl sites for hydroxylation is 1. The number of hydrogen-bond acceptors (Lipinski definition) is 3. The van der Waals surface area contributed by atoms with Crippen LogP contribution in [-0.4, -0.2) is 13.9 Å². The molecule has 3 rings (SSSR count). The molecular formula is C27H34NO2P. The first-order chi connectivity index (χ1) is 15.1. The molecule has 0 saturated carbocycles. The Morgan fingerprint density at radius 1 is 0.903 bits per heavy atom. The predicted molar refractivity (Wildman–Crippen MR) is 133 cm³/mol. The lowest BCUT2D eigenvalue weighted by atomic mass is 9.96. The lowest BCUT2D eigenvalue weighted by Gasteiger charge is -2.32. The second-order valence-corrected chi connectivity index (χ2v) is 9.91. The highest BCUT2D eigenvalue weighted by atomic mass is 31.1. The van der Waals surface area contributed by atoms with Gasteiger partial charge < -0.3 is 14.8 Å². The van der Waals surface area contributed by atoms with Crippen LogP contribution in [0.1, 0.15) is 42.5 Å². The van der Waals surface area contributed by atoms with E-state index in [4.69, 9.17) is 9.47 Å². The molecule has 2 unspecified atom stereocenters. The molecule has 0 bridgehead atoms. The van der Waals surface area contributed by atoms with Gasteiger partial charge in [0.2, 0.25) is 0 Å². The lowest BCUT2D eigenvalue weighted by molar-refractivity contribution is 0.0500. The highest BCUT2D eigenvalue weighted by Gasteiger charge is 2.29. The summed E-state index contributed by atoms with van der Waals surface area (Å²) in [6.07, 6.45) is 1.03. The topological polar surface area (TPSA) is 30.5 Å². The summed E-state index contributed by atoms with van der Waals surface area (Å²) < 4.78 is 11.1. The normalized spacial score (nSPS) is 13.4. The molecule has 0 radical (unpaired) electrons. The number of benzene rings is 3. The molecule has 3 aromatic carbocycles. The van der Waals surface area contributed by atoms with E-state index >= 15 is 0 Å². The number of hydrogen-bond donors (Lipinski definition) is 1. The van der Waals surface area contributed by atoms with Crippen LogP contribution < -0.4 is 15.4 Å². The molecule has 2 atom stereocenters. The minimum absolute atomic E-state index is 0.00930. The molecule has 0 saturated heterocycles. The number of para-hydroxylation sites is 1. The second-order valence-electron chi connectivity index (χ2n) is 8.06. The minimum Gasteiger partial charge on any atom is -0.467 e. The summed E-state index contributed by atoms with van der Waals surface area (Å²) in [5.41, 5.74) is 5.29. The molecule has 0 aliphatic heterocycles. The zero-order chi connectivity index (χ0) is 22.1. The van der Waals surface area contributed by atoms with Crippen LogP contribution in [0.25, 0.3) is 0 Å². The Labute approximate surface area is 189 Å². The van der Waals surface area contributed by atoms with Crippen molar-refractivity contribution in [2.45, 2.75) is 45.4 Å². The molecule has 1 N–H and O–H groups in total. The van der Waals surface area contributed by atoms with Crippen molar-refractivity contribution in [3.63, 3.8) is 0 Å². The van der Waals surface area contributed by atoms with Gasteiger partial charge in [-0.3, -0.25) is 0 Å². The van der Waals surface area contributed by atoms with E-state index in [-0.39, 0.29) is 11.9 Å². The van der Waals surface area contributed by atoms with E-state index in [2.05, 4.69) is 86.8 Å². The highest BCUT2D eigenvalue weighted by molar-refractivity contribution is 7.48. The minimum atomic E-state index is -0.00930. The van der Waals surface area contributed by atoms with Crippen molar-refractivity contribution in [2.75, 3.05) is 13.9 Å². The number of rotatable bonds is 11. The maximum absolute atomic E-state index is 5.92. The van der Waals surface area contributed by atoms with Crippen molar-refractivity contribution in [2.24, 2.45) is 0 Å². The molecule has 0 amide bonds. The van der Waals surface area contributed by atoms with Gasteiger partial charge in [-0.15, -0.1) is 0 Å². The fourth-order valence-electron chi connectivity index (χ4n) is 3.78. The Kier molecular flexibility index (Phi) is 8.66. The van der Waals surface area contributed by atoms with E-state index in [1.807, 2.05) is 12.1 Å². The third kappa shape index (κ3) is 6.17. The van der Waals surface area contributed by atoms with Crippen LogP contribution in [0, 0.1) is 6.92 Å². The molecule has 164 valence electrons. The Hall–Kier alpha value is -2.19. The van der Waals surface area contributed by atoms with Gasteiger partial charge in [-0.1, -0.05) is 89.2 Å². The smallest absolute Gasteiger partial charge is 0.188 e. The van der Waals surface area contributed by atoms with Crippen molar-refractivity contribution >= 4 is 13.9 Å². The van der Waals surface area contributed by atoms with Gasteiger partial charge in [0.05, 0.1) is 0 Å². The Bertz CT molecular complexity index is 960. The standard InChI is InChI=1S/C27H34NO2P/c1-5-27(3,24-16-9-10-17-25(24)30-20-29-4)31-26-21(2)12-11-15-23(26)19-28-18-22-13-7-6-8-14-22/h6-17,28,31H,5,18-20H2,1-4H3. The van der Waals surface area contributed by atoms with Crippen molar-refractivity contribution in [1.29, 1.82) is 0 Å². The Morgan fingerprint density at radius 3 is 2.39 bits per heavy atom. The molecule has 0 fully saturated rings. The lowest BCUT2D eigenvalue weighted by Crippen LogP contribution is -2.24. The van der Waals surface area contributed by atoms with Crippen molar-refractivity contribution < 1.29 is 9.47 Å². The van der Waals surface area contributed by atoms with E-state index in [1.54, 1.807) is 7.11 Å². The summed E-state index contributed by atoms with van der Waals surface area (Å²) in [5, 5.41) is 5.08. The van der Waals surface area contributed by atoms with Gasteiger partial charge in [0.25, 0.3) is 0 Å². The molecule has 3 aromatic rings. The number of methoxy groups -OCH3 is 1. The molecular weight excluding hydrogens is 401 g/mol. The van der Waals surface area contributed by atoms with Crippen LogP contribution in [0.4, 0.5) is 0 Å². The largest absolute Gasteiger partial charge is 0.467 e. The first-order valence-electron chi connectivity index (χ1n) is 10.9. The average Bonchev–Trinajstić information content (AvgIpc) is 2.80. The first-order valence-corrected chi connectivity index (χ1v) is 11.9. The van der Waals surface area contributed by atoms with E-state index in [0.29, 0.717) is 8.58 Å². The molecule has 0 heterocycles. The number of ether oxygens (including phenoxy) is 2. The van der Waals surface area contributed by atoms with Crippen LogP contribution in [-0.2, 0) is 23.0 Å². The van der Waals surface area contributed by atoms with Gasteiger partial charge in [-0.25, -0.2) is 0 Å². The Morgan fingerprint density at radius 2 is 1.65 bits per heavy atom. The van der Waals surface area contributed by atoms with Crippen molar-refractivity contribution in [1.82, 2.24) is 5.32 Å². The molecule has 0 aliphatic carbocycles. The van der Waals surface area contributed by atoms with Crippen LogP contribution in [0.15, 0.2) is 72.8 Å². The SMILES string of the molecule is CCC(C)(Pc1c(C)cccc1CNCc1ccccc1)c1ccccc1OCOC. The Balaban J connectivity index is 1.83. The molecule has 0 aromatic heterocycles. The van der Waals surface area contributed by atoms with Gasteiger partial charge in [0.15, 0.2) is 6.79 Å². The molecule has 3 nitrogen and oxygen atoms in total. The van der Waals surface area contributed by atoms with Gasteiger partial charge >= 0.3 is 0 Å². The quantitative estimate of drug-likeness (QED) is 0.301. The van der Waals surface area contributed by atoms with Crippen LogP contribution in [0.2, 0.25) is 0 Å². The van der Waals surface area contributed by atoms with Crippen LogP contribution >= 0.6 is 8.58 Å². The molecule has 0 spiro atoms. The highest BCUT2D eigenvalue weighted by Crippen LogP contribution is 2.48. The van der Waals surface area contributed by atoms with Gasteiger partial charge in [0, 0.05) is 30.9 Å². The van der Waals surface area contributed by atoms with Crippen LogP contribution in [0.5, 0.6) is 5.75 Å². The van der Waals surface area contributed by atoms with E-state index in [1.165, 1.54) is 27.6 Å². The van der Waals surface area contributed by atoms with Crippen molar-refractivity contribution in [3.05, 3.63) is 95.1 Å². The maximum Gasteiger partial charge on any atom is 0.188 e. The van der Waals surface area contributed by atoms with Gasteiger partial charge in [-0.2, -0.15) is 0 Å². The van der Waals surface area contributed by atoms with Gasteiger partial charge in [-0.05, 0) is 41.4 Å². The average molecular weight is 436 g/mol. The fourth-order valence-corrected chi connectivity index (χ4v) is 5.47.